The molecule has 2 aromatic carbocycles. The highest BCUT2D eigenvalue weighted by Gasteiger charge is 1.86. The lowest BCUT2D eigenvalue weighted by Crippen LogP contribution is -1.73. The van der Waals surface area contributed by atoms with Crippen LogP contribution in [0.3, 0.4) is 0 Å². The van der Waals surface area contributed by atoms with Gasteiger partial charge >= 0.3 is 0 Å². The predicted molar refractivity (Wildman–Crippen MR) is 86.1 cm³/mol. The van der Waals surface area contributed by atoms with E-state index in [1.54, 1.807) is 0 Å². The van der Waals surface area contributed by atoms with Crippen molar-refractivity contribution >= 4 is 34.4 Å². The average Bonchev–Trinajstić information content (AvgIpc) is 2.42. The van der Waals surface area contributed by atoms with Gasteiger partial charge < -0.3 is 0 Å². The smallest absolute Gasteiger partial charge is 0.0256 e. The van der Waals surface area contributed by atoms with E-state index >= 15 is 0 Å². The van der Waals surface area contributed by atoms with Gasteiger partial charge in [-0.25, -0.2) is 0 Å². The van der Waals surface area contributed by atoms with Crippen LogP contribution in [0.1, 0.15) is 5.56 Å². The van der Waals surface area contributed by atoms with Crippen molar-refractivity contribution in [1.29, 1.82) is 0 Å². The SMILES string of the molecule is Ic1ccc(C#CC#CSc2ccccc2)cc1. The molecule has 0 aliphatic rings. The van der Waals surface area contributed by atoms with Crippen molar-refractivity contribution in [3.8, 4) is 23.0 Å². The maximum Gasteiger partial charge on any atom is 0.0256 e. The van der Waals surface area contributed by atoms with Crippen molar-refractivity contribution < 1.29 is 0 Å². The van der Waals surface area contributed by atoms with Gasteiger partial charge in [0.2, 0.25) is 0 Å². The van der Waals surface area contributed by atoms with Gasteiger partial charge in [-0.3, -0.25) is 0 Å². The highest BCUT2D eigenvalue weighted by molar-refractivity contribution is 14.1. The van der Waals surface area contributed by atoms with Crippen molar-refractivity contribution in [2.45, 2.75) is 4.90 Å². The Kier molecular flexibility index (Phi) is 5.20. The molecule has 18 heavy (non-hydrogen) atoms. The van der Waals surface area contributed by atoms with E-state index in [2.05, 4.69) is 45.6 Å². The molecule has 0 bridgehead atoms. The summed E-state index contributed by atoms with van der Waals surface area (Å²) in [6.45, 7) is 0. The fourth-order valence-electron chi connectivity index (χ4n) is 1.24. The predicted octanol–water partition coefficient (Wildman–Crippen LogP) is 4.40. The molecule has 0 aliphatic heterocycles. The zero-order valence-corrected chi connectivity index (χ0v) is 12.5. The largest absolute Gasteiger partial charge is 0.0622 e. The maximum absolute atomic E-state index is 3.02. The van der Waals surface area contributed by atoms with E-state index in [9.17, 15) is 0 Å². The van der Waals surface area contributed by atoms with Crippen LogP contribution in [0.25, 0.3) is 0 Å². The minimum atomic E-state index is 0.995. The zero-order chi connectivity index (χ0) is 12.6. The van der Waals surface area contributed by atoms with Crippen LogP contribution in [0.4, 0.5) is 0 Å². The van der Waals surface area contributed by atoms with E-state index in [4.69, 9.17) is 0 Å². The van der Waals surface area contributed by atoms with Gasteiger partial charge in [-0.1, -0.05) is 24.1 Å². The minimum Gasteiger partial charge on any atom is -0.0622 e. The Bertz CT molecular complexity index is 622. The van der Waals surface area contributed by atoms with Gasteiger partial charge in [-0.05, 0) is 87.8 Å². The second kappa shape index (κ2) is 7.16. The van der Waals surface area contributed by atoms with Crippen LogP contribution in [-0.4, -0.2) is 0 Å². The molecule has 0 amide bonds. The quantitative estimate of drug-likeness (QED) is 0.413. The highest BCUT2D eigenvalue weighted by Crippen LogP contribution is 2.14. The van der Waals surface area contributed by atoms with Gasteiger partial charge in [0, 0.05) is 14.0 Å². The van der Waals surface area contributed by atoms with E-state index in [1.165, 1.54) is 15.3 Å². The molecule has 0 unspecified atom stereocenters. The van der Waals surface area contributed by atoms with E-state index in [-0.39, 0.29) is 0 Å². The molecule has 0 saturated heterocycles. The fourth-order valence-corrected chi connectivity index (χ4v) is 2.11. The first-order chi connectivity index (χ1) is 8.84. The minimum absolute atomic E-state index is 0.995. The normalized spacial score (nSPS) is 8.72. The van der Waals surface area contributed by atoms with Crippen molar-refractivity contribution in [3.63, 3.8) is 0 Å². The maximum atomic E-state index is 3.02. The van der Waals surface area contributed by atoms with Crippen molar-refractivity contribution in [2.75, 3.05) is 0 Å². The van der Waals surface area contributed by atoms with Crippen LogP contribution in [-0.2, 0) is 0 Å². The Morgan fingerprint density at radius 3 is 2.28 bits per heavy atom. The first-order valence-corrected chi connectivity index (χ1v) is 7.22. The molecule has 2 aromatic rings. The molecule has 0 spiro atoms. The van der Waals surface area contributed by atoms with Crippen LogP contribution < -0.4 is 0 Å². The topological polar surface area (TPSA) is 0 Å². The molecular formula is C16H9IS. The van der Waals surface area contributed by atoms with Crippen LogP contribution >= 0.6 is 34.4 Å². The molecular weight excluding hydrogens is 351 g/mol. The van der Waals surface area contributed by atoms with Crippen molar-refractivity contribution in [3.05, 3.63) is 63.7 Å². The van der Waals surface area contributed by atoms with Crippen LogP contribution in [0, 0.1) is 26.6 Å². The number of hydrogen-bond donors (Lipinski definition) is 0. The van der Waals surface area contributed by atoms with Gasteiger partial charge in [0.25, 0.3) is 0 Å². The molecule has 0 aliphatic carbocycles. The molecule has 2 rings (SSSR count). The highest BCUT2D eigenvalue weighted by atomic mass is 127. The third-order valence-corrected chi connectivity index (χ3v) is 3.51. The molecule has 0 fully saturated rings. The molecule has 86 valence electrons. The number of benzene rings is 2. The molecule has 2 heteroatoms. The Morgan fingerprint density at radius 1 is 0.833 bits per heavy atom. The lowest BCUT2D eigenvalue weighted by atomic mass is 10.2. The molecule has 0 N–H and O–H groups in total. The second-order valence-corrected chi connectivity index (χ2v) is 5.52. The number of halogens is 1. The fraction of sp³-hybridized carbons (Fsp3) is 0. The van der Waals surface area contributed by atoms with Gasteiger partial charge in [-0.2, -0.15) is 0 Å². The summed E-state index contributed by atoms with van der Waals surface area (Å²) in [6.07, 6.45) is 0. The monoisotopic (exact) mass is 360 g/mol. The number of hydrogen-bond acceptors (Lipinski definition) is 1. The summed E-state index contributed by atoms with van der Waals surface area (Å²) in [4.78, 5) is 1.14. The van der Waals surface area contributed by atoms with Crippen LogP contribution in [0.15, 0.2) is 59.5 Å². The van der Waals surface area contributed by atoms with Gasteiger partial charge in [0.1, 0.15) is 0 Å². The third-order valence-electron chi connectivity index (χ3n) is 2.08. The first kappa shape index (κ1) is 13.1. The summed E-state index contributed by atoms with van der Waals surface area (Å²) in [5.41, 5.74) is 0.995. The number of rotatable bonds is 1. The van der Waals surface area contributed by atoms with E-state index < -0.39 is 0 Å². The van der Waals surface area contributed by atoms with Gasteiger partial charge in [-0.15, -0.1) is 0 Å². The molecule has 0 saturated carbocycles. The van der Waals surface area contributed by atoms with E-state index in [0.717, 1.165) is 10.5 Å². The second-order valence-electron chi connectivity index (χ2n) is 3.40. The summed E-state index contributed by atoms with van der Waals surface area (Å²) < 4.78 is 1.21. The lowest BCUT2D eigenvalue weighted by Gasteiger charge is -1.89. The van der Waals surface area contributed by atoms with Gasteiger partial charge in [0.05, 0.1) is 0 Å². The zero-order valence-electron chi connectivity index (χ0n) is 9.48. The summed E-state index contributed by atoms with van der Waals surface area (Å²) in [6, 6.07) is 18.1. The Labute approximate surface area is 125 Å². The summed E-state index contributed by atoms with van der Waals surface area (Å²) in [5.74, 6) is 8.72. The molecule has 0 nitrogen and oxygen atoms in total. The van der Waals surface area contributed by atoms with Gasteiger partial charge in [0.15, 0.2) is 0 Å². The summed E-state index contributed by atoms with van der Waals surface area (Å²) in [7, 11) is 0. The summed E-state index contributed by atoms with van der Waals surface area (Å²) >= 11 is 3.77. The van der Waals surface area contributed by atoms with Crippen LogP contribution in [0.2, 0.25) is 0 Å². The lowest BCUT2D eigenvalue weighted by molar-refractivity contribution is 1.48. The third kappa shape index (κ3) is 4.49. The number of thioether (sulfide) groups is 1. The Balaban J connectivity index is 1.95. The molecule has 0 heterocycles. The Hall–Kier alpha value is -1.36. The standard InChI is InChI=1S/C16H9IS/c17-15-11-9-14(10-12-15)6-4-5-13-18-16-7-2-1-3-8-16/h1-3,7-12H. The summed E-state index contributed by atoms with van der Waals surface area (Å²) in [5, 5.41) is 2.97. The van der Waals surface area contributed by atoms with Crippen LogP contribution in [0.5, 0.6) is 0 Å². The molecule has 0 radical (unpaired) electrons. The van der Waals surface area contributed by atoms with E-state index in [1.807, 2.05) is 54.6 Å². The molecule has 0 atom stereocenters. The Morgan fingerprint density at radius 2 is 1.56 bits per heavy atom. The van der Waals surface area contributed by atoms with E-state index in [0.29, 0.717) is 0 Å². The van der Waals surface area contributed by atoms with Crippen molar-refractivity contribution in [1.82, 2.24) is 0 Å². The van der Waals surface area contributed by atoms with Crippen molar-refractivity contribution in [2.24, 2.45) is 0 Å². The average molecular weight is 360 g/mol. The first-order valence-electron chi connectivity index (χ1n) is 5.33. The molecule has 0 aromatic heterocycles.